The van der Waals surface area contributed by atoms with Crippen LogP contribution in [0, 0.1) is 11.3 Å². The van der Waals surface area contributed by atoms with E-state index in [1.807, 2.05) is 6.07 Å². The molecule has 1 aliphatic heterocycles. The van der Waals surface area contributed by atoms with Crippen LogP contribution in [0.2, 0.25) is 10.0 Å². The Morgan fingerprint density at radius 3 is 2.26 bits per heavy atom. The van der Waals surface area contributed by atoms with Crippen LogP contribution in [0.1, 0.15) is 22.7 Å². The fraction of sp³-hybridized carbons (Fsp3) is 0.0417. The highest BCUT2D eigenvalue weighted by Crippen LogP contribution is 2.43. The van der Waals surface area contributed by atoms with Gasteiger partial charge in [0, 0.05) is 16.3 Å². The van der Waals surface area contributed by atoms with Crippen molar-refractivity contribution in [2.24, 2.45) is 0 Å². The standard InChI is InChI=1S/C24H14Cl2N2O3/c25-17-9-6-14(7-10-17)21-20(22(29)15-4-2-1-3-5-15)23(30)24(31)28(21)18-11-8-16(13-27)19(26)12-18/h1-12,21,29H. The van der Waals surface area contributed by atoms with Crippen molar-refractivity contribution in [3.05, 3.63) is 105 Å². The van der Waals surface area contributed by atoms with Crippen molar-refractivity contribution in [1.29, 1.82) is 5.26 Å². The minimum absolute atomic E-state index is 0.0426. The maximum Gasteiger partial charge on any atom is 0.300 e. The molecule has 1 amide bonds. The molecule has 31 heavy (non-hydrogen) atoms. The molecule has 3 aromatic carbocycles. The van der Waals surface area contributed by atoms with Gasteiger partial charge in [-0.3, -0.25) is 14.5 Å². The second kappa shape index (κ2) is 8.27. The Hall–Kier alpha value is -3.59. The number of rotatable bonds is 3. The first-order valence-electron chi connectivity index (χ1n) is 9.24. The largest absolute Gasteiger partial charge is 0.507 e. The number of nitriles is 1. The van der Waals surface area contributed by atoms with Gasteiger partial charge in [-0.25, -0.2) is 0 Å². The van der Waals surface area contributed by atoms with Crippen LogP contribution in [0.3, 0.4) is 0 Å². The number of carbonyl (C=O) groups is 2. The van der Waals surface area contributed by atoms with Crippen LogP contribution in [0.4, 0.5) is 5.69 Å². The fourth-order valence-electron chi connectivity index (χ4n) is 3.56. The number of carbonyl (C=O) groups excluding carboxylic acids is 2. The van der Waals surface area contributed by atoms with Gasteiger partial charge in [0.2, 0.25) is 0 Å². The minimum Gasteiger partial charge on any atom is -0.507 e. The number of hydrogen-bond donors (Lipinski definition) is 1. The summed E-state index contributed by atoms with van der Waals surface area (Å²) in [4.78, 5) is 27.4. The van der Waals surface area contributed by atoms with Crippen LogP contribution in [0.15, 0.2) is 78.4 Å². The van der Waals surface area contributed by atoms with Crippen molar-refractivity contribution >= 4 is 46.3 Å². The number of amides is 1. The Bertz CT molecular complexity index is 1260. The maximum absolute atomic E-state index is 13.1. The number of aliphatic hydroxyl groups is 1. The van der Waals surface area contributed by atoms with Gasteiger partial charge in [-0.15, -0.1) is 0 Å². The van der Waals surface area contributed by atoms with Crippen LogP contribution in [-0.2, 0) is 9.59 Å². The summed E-state index contributed by atoms with van der Waals surface area (Å²) >= 11 is 12.2. The van der Waals surface area contributed by atoms with Crippen molar-refractivity contribution in [3.63, 3.8) is 0 Å². The zero-order valence-corrected chi connectivity index (χ0v) is 17.4. The highest BCUT2D eigenvalue weighted by atomic mass is 35.5. The van der Waals surface area contributed by atoms with Gasteiger partial charge in [0.15, 0.2) is 0 Å². The number of nitrogens with zero attached hydrogens (tertiary/aromatic N) is 2. The predicted octanol–water partition coefficient (Wildman–Crippen LogP) is 5.49. The van der Waals surface area contributed by atoms with Gasteiger partial charge in [-0.1, -0.05) is 65.7 Å². The summed E-state index contributed by atoms with van der Waals surface area (Å²) in [5.74, 6) is -1.90. The minimum atomic E-state index is -0.901. The third-order valence-electron chi connectivity index (χ3n) is 5.03. The molecule has 0 radical (unpaired) electrons. The molecule has 1 N–H and O–H groups in total. The number of Topliss-reactive ketones (excluding diaryl/α,β-unsaturated/α-hetero) is 1. The van der Waals surface area contributed by atoms with Gasteiger partial charge in [0.05, 0.1) is 22.2 Å². The second-order valence-electron chi connectivity index (χ2n) is 6.86. The van der Waals surface area contributed by atoms with Gasteiger partial charge in [-0.2, -0.15) is 5.26 Å². The van der Waals surface area contributed by atoms with E-state index in [1.165, 1.54) is 17.0 Å². The van der Waals surface area contributed by atoms with Crippen molar-refractivity contribution in [2.75, 3.05) is 4.90 Å². The molecule has 1 saturated heterocycles. The lowest BCUT2D eigenvalue weighted by Crippen LogP contribution is -2.29. The predicted molar refractivity (Wildman–Crippen MR) is 119 cm³/mol. The molecule has 152 valence electrons. The summed E-state index contributed by atoms with van der Waals surface area (Å²) in [5.41, 5.74) is 1.53. The van der Waals surface area contributed by atoms with Crippen LogP contribution in [0.5, 0.6) is 0 Å². The van der Waals surface area contributed by atoms with Crippen molar-refractivity contribution in [3.8, 4) is 6.07 Å². The normalized spacial score (nSPS) is 17.6. The summed E-state index contributed by atoms with van der Waals surface area (Å²) in [5, 5.41) is 20.8. The van der Waals surface area contributed by atoms with Crippen molar-refractivity contribution in [2.45, 2.75) is 6.04 Å². The van der Waals surface area contributed by atoms with E-state index in [2.05, 4.69) is 0 Å². The van der Waals surface area contributed by atoms with Gasteiger partial charge in [0.1, 0.15) is 11.8 Å². The number of aliphatic hydroxyl groups excluding tert-OH is 1. The molecule has 7 heteroatoms. The van der Waals surface area contributed by atoms with Crippen LogP contribution in [-0.4, -0.2) is 16.8 Å². The molecule has 4 rings (SSSR count). The first-order chi connectivity index (χ1) is 14.9. The third-order valence-corrected chi connectivity index (χ3v) is 5.59. The summed E-state index contributed by atoms with van der Waals surface area (Å²) in [6.07, 6.45) is 0. The lowest BCUT2D eigenvalue weighted by atomic mass is 9.95. The molecule has 5 nitrogen and oxygen atoms in total. The highest BCUT2D eigenvalue weighted by molar-refractivity contribution is 6.51. The first-order valence-corrected chi connectivity index (χ1v) is 9.99. The monoisotopic (exact) mass is 448 g/mol. The van der Waals surface area contributed by atoms with E-state index in [0.717, 1.165) is 0 Å². The third kappa shape index (κ3) is 3.68. The number of halogens is 2. The number of anilines is 1. The van der Waals surface area contributed by atoms with Gasteiger partial charge >= 0.3 is 0 Å². The molecular weight excluding hydrogens is 435 g/mol. The van der Waals surface area contributed by atoms with E-state index in [9.17, 15) is 14.7 Å². The van der Waals surface area contributed by atoms with Gasteiger partial charge in [-0.05, 0) is 35.9 Å². The lowest BCUT2D eigenvalue weighted by Gasteiger charge is -2.25. The zero-order chi connectivity index (χ0) is 22.1. The smallest absolute Gasteiger partial charge is 0.300 e. The summed E-state index contributed by atoms with van der Waals surface area (Å²) in [6, 6.07) is 20.7. The number of benzene rings is 3. The summed E-state index contributed by atoms with van der Waals surface area (Å²) < 4.78 is 0. The Labute approximate surface area is 188 Å². The quantitative estimate of drug-likeness (QED) is 0.326. The molecule has 1 heterocycles. The first kappa shape index (κ1) is 20.7. The van der Waals surface area contributed by atoms with E-state index in [1.54, 1.807) is 60.7 Å². The molecule has 1 atom stereocenters. The molecule has 0 aliphatic carbocycles. The molecule has 1 unspecified atom stereocenters. The number of hydrogen-bond acceptors (Lipinski definition) is 4. The van der Waals surface area contributed by atoms with E-state index in [-0.39, 0.29) is 21.9 Å². The molecule has 1 aliphatic rings. The average molecular weight is 449 g/mol. The Morgan fingerprint density at radius 1 is 0.968 bits per heavy atom. The average Bonchev–Trinajstić information content (AvgIpc) is 3.05. The molecule has 0 bridgehead atoms. The maximum atomic E-state index is 13.1. The molecule has 0 spiro atoms. The summed E-state index contributed by atoms with van der Waals surface area (Å²) in [7, 11) is 0. The van der Waals surface area contributed by atoms with Crippen molar-refractivity contribution < 1.29 is 14.7 Å². The SMILES string of the molecule is N#Cc1ccc(N2C(=O)C(=O)C(=C(O)c3ccccc3)C2c2ccc(Cl)cc2)cc1Cl. The molecule has 0 aromatic heterocycles. The zero-order valence-electron chi connectivity index (χ0n) is 15.9. The van der Waals surface area contributed by atoms with Gasteiger partial charge < -0.3 is 5.11 Å². The molecule has 3 aromatic rings. The van der Waals surface area contributed by atoms with E-state index in [4.69, 9.17) is 28.5 Å². The van der Waals surface area contributed by atoms with E-state index in [0.29, 0.717) is 21.8 Å². The van der Waals surface area contributed by atoms with E-state index >= 15 is 0 Å². The highest BCUT2D eigenvalue weighted by Gasteiger charge is 2.47. The topological polar surface area (TPSA) is 81.4 Å². The second-order valence-corrected chi connectivity index (χ2v) is 7.71. The van der Waals surface area contributed by atoms with Gasteiger partial charge in [0.25, 0.3) is 11.7 Å². The molecular formula is C24H14Cl2N2O3. The fourth-order valence-corrected chi connectivity index (χ4v) is 3.90. The Morgan fingerprint density at radius 2 is 1.65 bits per heavy atom. The van der Waals surface area contributed by atoms with Crippen LogP contribution in [0.25, 0.3) is 5.76 Å². The number of ketones is 1. The Balaban J connectivity index is 1.95. The van der Waals surface area contributed by atoms with Crippen LogP contribution < -0.4 is 4.90 Å². The van der Waals surface area contributed by atoms with E-state index < -0.39 is 17.7 Å². The van der Waals surface area contributed by atoms with Crippen molar-refractivity contribution in [1.82, 2.24) is 0 Å². The molecule has 1 fully saturated rings. The lowest BCUT2D eigenvalue weighted by molar-refractivity contribution is -0.132. The summed E-state index contributed by atoms with van der Waals surface area (Å²) in [6.45, 7) is 0. The van der Waals surface area contributed by atoms with Crippen LogP contribution >= 0.6 is 23.2 Å². The molecule has 0 saturated carbocycles. The Kier molecular flexibility index (Phi) is 5.51.